The Labute approximate surface area is 161 Å². The third-order valence-electron chi connectivity index (χ3n) is 4.78. The highest BCUT2D eigenvalue weighted by molar-refractivity contribution is 5.70. The summed E-state index contributed by atoms with van der Waals surface area (Å²) in [6.45, 7) is 2.01. The third kappa shape index (κ3) is 4.09. The van der Waals surface area contributed by atoms with Gasteiger partial charge in [0, 0.05) is 6.04 Å². The molecule has 3 rings (SSSR count). The van der Waals surface area contributed by atoms with Crippen molar-refractivity contribution in [3.63, 3.8) is 0 Å². The molecule has 0 spiro atoms. The number of esters is 1. The maximum Gasteiger partial charge on any atom is 0.307 e. The molecule has 3 nitrogen and oxygen atoms in total. The summed E-state index contributed by atoms with van der Waals surface area (Å²) in [5, 5.41) is 3.74. The predicted molar refractivity (Wildman–Crippen MR) is 108 cm³/mol. The molecule has 0 radical (unpaired) electrons. The van der Waals surface area contributed by atoms with Crippen LogP contribution < -0.4 is 5.32 Å². The smallest absolute Gasteiger partial charge is 0.307 e. The Kier molecular flexibility index (Phi) is 6.05. The van der Waals surface area contributed by atoms with E-state index in [1.807, 2.05) is 61.5 Å². The van der Waals surface area contributed by atoms with Crippen molar-refractivity contribution in [2.24, 2.45) is 0 Å². The lowest BCUT2D eigenvalue weighted by atomic mass is 9.76. The van der Waals surface area contributed by atoms with Gasteiger partial charge in [0.1, 0.15) is 0 Å². The highest BCUT2D eigenvalue weighted by atomic mass is 16.5. The van der Waals surface area contributed by atoms with E-state index in [1.165, 1.54) is 7.11 Å². The molecule has 3 aromatic carbocycles. The van der Waals surface area contributed by atoms with E-state index in [-0.39, 0.29) is 12.0 Å². The van der Waals surface area contributed by atoms with Crippen LogP contribution in [0.4, 0.5) is 0 Å². The van der Waals surface area contributed by atoms with Gasteiger partial charge in [-0.3, -0.25) is 10.1 Å². The van der Waals surface area contributed by atoms with E-state index in [0.29, 0.717) is 6.42 Å². The van der Waals surface area contributed by atoms with Crippen LogP contribution in [-0.4, -0.2) is 19.1 Å². The van der Waals surface area contributed by atoms with Gasteiger partial charge in [-0.15, -0.1) is 0 Å². The molecule has 0 aliphatic rings. The molecule has 0 bridgehead atoms. The van der Waals surface area contributed by atoms with Crippen molar-refractivity contribution in [1.82, 2.24) is 5.32 Å². The molecule has 27 heavy (non-hydrogen) atoms. The van der Waals surface area contributed by atoms with Crippen molar-refractivity contribution in [2.75, 3.05) is 7.11 Å². The van der Waals surface area contributed by atoms with Gasteiger partial charge in [-0.1, -0.05) is 91.0 Å². The zero-order chi connectivity index (χ0) is 19.1. The summed E-state index contributed by atoms with van der Waals surface area (Å²) in [5.74, 6) is -0.224. The van der Waals surface area contributed by atoms with Crippen LogP contribution in [0.2, 0.25) is 0 Å². The average molecular weight is 359 g/mol. The summed E-state index contributed by atoms with van der Waals surface area (Å²) in [7, 11) is 1.42. The van der Waals surface area contributed by atoms with Crippen LogP contribution in [0.25, 0.3) is 0 Å². The van der Waals surface area contributed by atoms with Gasteiger partial charge in [-0.05, 0) is 23.6 Å². The molecule has 0 aromatic heterocycles. The molecule has 0 amide bonds. The Balaban J connectivity index is 2.18. The Bertz CT molecular complexity index is 751. The zero-order valence-electron chi connectivity index (χ0n) is 15.8. The Morgan fingerprint density at radius 1 is 0.815 bits per heavy atom. The first-order chi connectivity index (χ1) is 13.2. The van der Waals surface area contributed by atoms with E-state index in [1.54, 1.807) is 0 Å². The molecule has 1 atom stereocenters. The number of ether oxygens (including phenoxy) is 1. The standard InChI is InChI=1S/C24H25NO2/c1-19(18-23(26)27-2)25-24(20-12-6-3-7-13-20,21-14-8-4-9-15-21)22-16-10-5-11-17-22/h3-17,19,25H,18H2,1-2H3. The van der Waals surface area contributed by atoms with Crippen LogP contribution in [0.3, 0.4) is 0 Å². The molecule has 0 aliphatic heterocycles. The number of benzene rings is 3. The van der Waals surface area contributed by atoms with E-state index in [0.717, 1.165) is 16.7 Å². The molecule has 0 fully saturated rings. The van der Waals surface area contributed by atoms with Gasteiger partial charge >= 0.3 is 5.97 Å². The number of hydrogen-bond acceptors (Lipinski definition) is 3. The van der Waals surface area contributed by atoms with E-state index in [2.05, 4.69) is 41.7 Å². The summed E-state index contributed by atoms with van der Waals surface area (Å²) >= 11 is 0. The van der Waals surface area contributed by atoms with Gasteiger partial charge in [0.05, 0.1) is 19.1 Å². The second-order valence-corrected chi connectivity index (χ2v) is 6.67. The summed E-state index contributed by atoms with van der Waals surface area (Å²) in [5.41, 5.74) is 2.80. The van der Waals surface area contributed by atoms with Crippen LogP contribution in [0, 0.1) is 0 Å². The summed E-state index contributed by atoms with van der Waals surface area (Å²) in [4.78, 5) is 11.9. The number of rotatable bonds is 7. The zero-order valence-corrected chi connectivity index (χ0v) is 15.8. The lowest BCUT2D eigenvalue weighted by Gasteiger charge is -2.39. The van der Waals surface area contributed by atoms with E-state index in [4.69, 9.17) is 4.74 Å². The van der Waals surface area contributed by atoms with E-state index >= 15 is 0 Å². The van der Waals surface area contributed by atoms with Gasteiger partial charge in [-0.2, -0.15) is 0 Å². The molecular weight excluding hydrogens is 334 g/mol. The summed E-state index contributed by atoms with van der Waals surface area (Å²) < 4.78 is 4.87. The Morgan fingerprint density at radius 2 is 1.19 bits per heavy atom. The molecule has 0 saturated heterocycles. The molecule has 3 aromatic rings. The first kappa shape index (κ1) is 18.9. The van der Waals surface area contributed by atoms with E-state index in [9.17, 15) is 4.79 Å². The number of hydrogen-bond donors (Lipinski definition) is 1. The fourth-order valence-corrected chi connectivity index (χ4v) is 3.57. The van der Waals surface area contributed by atoms with Crippen molar-refractivity contribution >= 4 is 5.97 Å². The quantitative estimate of drug-likeness (QED) is 0.498. The third-order valence-corrected chi connectivity index (χ3v) is 4.78. The predicted octanol–water partition coefficient (Wildman–Crippen LogP) is 4.52. The molecule has 3 heteroatoms. The highest BCUT2D eigenvalue weighted by Crippen LogP contribution is 2.37. The van der Waals surface area contributed by atoms with Crippen molar-refractivity contribution in [3.8, 4) is 0 Å². The topological polar surface area (TPSA) is 38.3 Å². The van der Waals surface area contributed by atoms with Gasteiger partial charge in [-0.25, -0.2) is 0 Å². The van der Waals surface area contributed by atoms with Gasteiger partial charge in [0.25, 0.3) is 0 Å². The van der Waals surface area contributed by atoms with Crippen molar-refractivity contribution in [2.45, 2.75) is 24.9 Å². The SMILES string of the molecule is COC(=O)CC(C)NC(c1ccccc1)(c1ccccc1)c1ccccc1. The van der Waals surface area contributed by atoms with Gasteiger partial charge in [0.15, 0.2) is 0 Å². The molecule has 0 saturated carbocycles. The number of carbonyl (C=O) groups is 1. The van der Waals surface area contributed by atoms with Crippen molar-refractivity contribution < 1.29 is 9.53 Å². The largest absolute Gasteiger partial charge is 0.469 e. The van der Waals surface area contributed by atoms with Crippen LogP contribution in [0.1, 0.15) is 30.0 Å². The molecule has 0 heterocycles. The summed E-state index contributed by atoms with van der Waals surface area (Å²) in [6.07, 6.45) is 0.296. The molecule has 1 N–H and O–H groups in total. The lowest BCUT2D eigenvalue weighted by molar-refractivity contribution is -0.141. The minimum atomic E-state index is -0.572. The number of carbonyl (C=O) groups excluding carboxylic acids is 1. The average Bonchev–Trinajstić information content (AvgIpc) is 2.74. The maximum atomic E-state index is 11.9. The van der Waals surface area contributed by atoms with Crippen LogP contribution in [0.5, 0.6) is 0 Å². The van der Waals surface area contributed by atoms with Crippen molar-refractivity contribution in [3.05, 3.63) is 108 Å². The van der Waals surface area contributed by atoms with Gasteiger partial charge in [0.2, 0.25) is 0 Å². The molecule has 0 aliphatic carbocycles. The summed E-state index contributed by atoms with van der Waals surface area (Å²) in [6, 6.07) is 31.0. The Hall–Kier alpha value is -2.91. The molecular formula is C24H25NO2. The van der Waals surface area contributed by atoms with Gasteiger partial charge < -0.3 is 4.74 Å². The maximum absolute atomic E-state index is 11.9. The number of nitrogens with one attached hydrogen (secondary N) is 1. The fourth-order valence-electron chi connectivity index (χ4n) is 3.57. The lowest BCUT2D eigenvalue weighted by Crippen LogP contribution is -2.49. The highest BCUT2D eigenvalue weighted by Gasteiger charge is 2.37. The first-order valence-corrected chi connectivity index (χ1v) is 9.18. The fraction of sp³-hybridized carbons (Fsp3) is 0.208. The van der Waals surface area contributed by atoms with Crippen molar-refractivity contribution in [1.29, 1.82) is 0 Å². The first-order valence-electron chi connectivity index (χ1n) is 9.18. The van der Waals surface area contributed by atoms with Crippen LogP contribution >= 0.6 is 0 Å². The van der Waals surface area contributed by atoms with E-state index < -0.39 is 5.54 Å². The second-order valence-electron chi connectivity index (χ2n) is 6.67. The monoisotopic (exact) mass is 359 g/mol. The molecule has 1 unspecified atom stereocenters. The second kappa shape index (κ2) is 8.65. The normalized spacial score (nSPS) is 12.4. The van der Waals surface area contributed by atoms with Crippen LogP contribution in [-0.2, 0) is 15.1 Å². The minimum Gasteiger partial charge on any atom is -0.469 e. The minimum absolute atomic E-state index is 0.0851. The Morgan fingerprint density at radius 3 is 1.52 bits per heavy atom. The molecule has 138 valence electrons. The van der Waals surface area contributed by atoms with Crippen LogP contribution in [0.15, 0.2) is 91.0 Å². The number of methoxy groups -OCH3 is 1.